The van der Waals surface area contributed by atoms with Crippen LogP contribution in [0.4, 0.5) is 10.5 Å². The molecule has 3 rings (SSSR count). The maximum absolute atomic E-state index is 12.5. The topological polar surface area (TPSA) is 82.7 Å². The van der Waals surface area contributed by atoms with Crippen molar-refractivity contribution in [2.45, 2.75) is 18.9 Å². The fraction of sp³-hybridized carbons (Fsp3) is 0.333. The molecule has 0 saturated carbocycles. The molecule has 1 fully saturated rings. The minimum atomic E-state index is -0.289. The van der Waals surface area contributed by atoms with Gasteiger partial charge < -0.3 is 20.7 Å². The Balaban J connectivity index is 1.61. The number of benzene rings is 2. The average molecular weight is 423 g/mol. The molecule has 7 heteroatoms. The molecule has 1 aliphatic heterocycles. The van der Waals surface area contributed by atoms with Gasteiger partial charge in [-0.3, -0.25) is 9.69 Å². The molecule has 1 saturated heterocycles. The van der Waals surface area contributed by atoms with Crippen molar-refractivity contribution in [1.29, 1.82) is 0 Å². The molecule has 3 amide bonds. The molecule has 0 radical (unpaired) electrons. The van der Waals surface area contributed by atoms with Crippen molar-refractivity contribution in [3.63, 3.8) is 0 Å². The Bertz CT molecular complexity index is 892. The van der Waals surface area contributed by atoms with E-state index in [1.165, 1.54) is 0 Å². The summed E-state index contributed by atoms with van der Waals surface area (Å²) < 4.78 is 5.55. The van der Waals surface area contributed by atoms with Gasteiger partial charge in [-0.2, -0.15) is 0 Å². The minimum absolute atomic E-state index is 0.0420. The van der Waals surface area contributed by atoms with Crippen molar-refractivity contribution in [3.8, 4) is 5.75 Å². The molecular formula is C24H30N4O3. The number of hydrogen-bond acceptors (Lipinski definition) is 4. The second-order valence-corrected chi connectivity index (χ2v) is 7.41. The van der Waals surface area contributed by atoms with Gasteiger partial charge >= 0.3 is 6.03 Å². The number of likely N-dealkylation sites (tertiary alicyclic amines) is 1. The Morgan fingerprint density at radius 3 is 2.48 bits per heavy atom. The van der Waals surface area contributed by atoms with Crippen molar-refractivity contribution >= 4 is 17.6 Å². The van der Waals surface area contributed by atoms with E-state index in [1.54, 1.807) is 37.5 Å². The summed E-state index contributed by atoms with van der Waals surface area (Å²) in [5, 5.41) is 8.54. The standard InChI is InChI=1S/C24H30N4O3/c1-3-14-25-23(29)18-10-12-19(13-11-18)27-24(30)26-17-21(28-15-6-7-16-28)20-8-4-5-9-22(20)31-2/h3-5,8-13,21H,1,6-7,14-17H2,2H3,(H,25,29)(H2,26,27,30). The number of anilines is 1. The second-order valence-electron chi connectivity index (χ2n) is 7.41. The van der Waals surface area contributed by atoms with Crippen molar-refractivity contribution in [1.82, 2.24) is 15.5 Å². The quantitative estimate of drug-likeness (QED) is 0.540. The third-order valence-corrected chi connectivity index (χ3v) is 5.35. The van der Waals surface area contributed by atoms with Crippen LogP contribution < -0.4 is 20.7 Å². The van der Waals surface area contributed by atoms with E-state index in [4.69, 9.17) is 4.74 Å². The van der Waals surface area contributed by atoms with E-state index in [1.807, 2.05) is 18.2 Å². The van der Waals surface area contributed by atoms with E-state index in [0.29, 0.717) is 24.3 Å². The summed E-state index contributed by atoms with van der Waals surface area (Å²) in [5.41, 5.74) is 2.22. The highest BCUT2D eigenvalue weighted by Gasteiger charge is 2.26. The Morgan fingerprint density at radius 1 is 1.10 bits per heavy atom. The molecule has 1 unspecified atom stereocenters. The normalized spacial score (nSPS) is 14.5. The van der Waals surface area contributed by atoms with Gasteiger partial charge in [0.1, 0.15) is 5.75 Å². The molecule has 1 aliphatic rings. The van der Waals surface area contributed by atoms with E-state index in [0.717, 1.165) is 37.2 Å². The first-order valence-corrected chi connectivity index (χ1v) is 10.5. The largest absolute Gasteiger partial charge is 0.496 e. The number of hydrogen-bond donors (Lipinski definition) is 3. The van der Waals surface area contributed by atoms with Crippen LogP contribution in [-0.4, -0.2) is 50.1 Å². The number of ether oxygens (including phenoxy) is 1. The van der Waals surface area contributed by atoms with Crippen LogP contribution >= 0.6 is 0 Å². The first-order chi connectivity index (χ1) is 15.1. The molecule has 2 aromatic rings. The molecule has 7 nitrogen and oxygen atoms in total. The summed E-state index contributed by atoms with van der Waals surface area (Å²) in [6.45, 7) is 6.46. The lowest BCUT2D eigenvalue weighted by Gasteiger charge is -2.29. The van der Waals surface area contributed by atoms with Crippen molar-refractivity contribution in [2.75, 3.05) is 38.6 Å². The van der Waals surface area contributed by atoms with Crippen LogP contribution in [0.25, 0.3) is 0 Å². The van der Waals surface area contributed by atoms with E-state index < -0.39 is 0 Å². The minimum Gasteiger partial charge on any atom is -0.496 e. The molecule has 31 heavy (non-hydrogen) atoms. The molecule has 164 valence electrons. The van der Waals surface area contributed by atoms with Crippen LogP contribution in [0.5, 0.6) is 5.75 Å². The predicted molar refractivity (Wildman–Crippen MR) is 123 cm³/mol. The molecule has 0 aliphatic carbocycles. The fourth-order valence-electron chi connectivity index (χ4n) is 3.77. The van der Waals surface area contributed by atoms with Crippen molar-refractivity contribution in [2.24, 2.45) is 0 Å². The lowest BCUT2D eigenvalue weighted by molar-refractivity contribution is 0.0958. The lowest BCUT2D eigenvalue weighted by atomic mass is 10.0. The molecule has 0 aromatic heterocycles. The number of carbonyl (C=O) groups is 2. The highest BCUT2D eigenvalue weighted by Crippen LogP contribution is 2.31. The summed E-state index contributed by atoms with van der Waals surface area (Å²) in [4.78, 5) is 26.9. The number of carbonyl (C=O) groups excluding carboxylic acids is 2. The molecule has 0 spiro atoms. The van der Waals surface area contributed by atoms with Crippen LogP contribution in [0.1, 0.15) is 34.8 Å². The zero-order valence-electron chi connectivity index (χ0n) is 17.9. The third kappa shape index (κ3) is 6.08. The number of urea groups is 1. The van der Waals surface area contributed by atoms with Crippen molar-refractivity contribution < 1.29 is 14.3 Å². The van der Waals surface area contributed by atoms with Crippen LogP contribution in [0.2, 0.25) is 0 Å². The number of nitrogens with zero attached hydrogens (tertiary/aromatic N) is 1. The summed E-state index contributed by atoms with van der Waals surface area (Å²) in [5.74, 6) is 0.646. The monoisotopic (exact) mass is 422 g/mol. The zero-order valence-corrected chi connectivity index (χ0v) is 17.9. The van der Waals surface area contributed by atoms with Gasteiger partial charge in [0.05, 0.1) is 13.2 Å². The van der Waals surface area contributed by atoms with E-state index in [9.17, 15) is 9.59 Å². The maximum atomic E-state index is 12.5. The first-order valence-electron chi connectivity index (χ1n) is 10.5. The summed E-state index contributed by atoms with van der Waals surface area (Å²) in [7, 11) is 1.67. The second kappa shape index (κ2) is 11.2. The van der Waals surface area contributed by atoms with E-state index >= 15 is 0 Å². The summed E-state index contributed by atoms with van der Waals surface area (Å²) in [6, 6.07) is 14.5. The fourth-order valence-corrected chi connectivity index (χ4v) is 3.77. The number of nitrogens with one attached hydrogen (secondary N) is 3. The van der Waals surface area contributed by atoms with Gasteiger partial charge in [-0.1, -0.05) is 24.3 Å². The van der Waals surface area contributed by atoms with Crippen LogP contribution in [0, 0.1) is 0 Å². The summed E-state index contributed by atoms with van der Waals surface area (Å²) in [6.07, 6.45) is 3.94. The zero-order chi connectivity index (χ0) is 22.1. The Labute approximate surface area is 183 Å². The average Bonchev–Trinajstić information content (AvgIpc) is 3.33. The Morgan fingerprint density at radius 2 is 1.81 bits per heavy atom. The molecular weight excluding hydrogens is 392 g/mol. The number of methoxy groups -OCH3 is 1. The van der Waals surface area contributed by atoms with E-state index in [2.05, 4.69) is 33.5 Å². The van der Waals surface area contributed by atoms with Gasteiger partial charge in [0, 0.05) is 29.9 Å². The smallest absolute Gasteiger partial charge is 0.319 e. The van der Waals surface area contributed by atoms with Gasteiger partial charge in [-0.15, -0.1) is 6.58 Å². The lowest BCUT2D eigenvalue weighted by Crippen LogP contribution is -2.38. The van der Waals surface area contributed by atoms with Gasteiger partial charge in [0.2, 0.25) is 0 Å². The highest BCUT2D eigenvalue weighted by molar-refractivity contribution is 5.95. The number of amides is 3. The molecule has 2 aromatic carbocycles. The number of rotatable bonds is 9. The Kier molecular flexibility index (Phi) is 8.06. The highest BCUT2D eigenvalue weighted by atomic mass is 16.5. The molecule has 0 bridgehead atoms. The van der Waals surface area contributed by atoms with Gasteiger partial charge in [-0.05, 0) is 56.3 Å². The van der Waals surface area contributed by atoms with Crippen molar-refractivity contribution in [3.05, 3.63) is 72.3 Å². The molecule has 3 N–H and O–H groups in total. The van der Waals surface area contributed by atoms with Gasteiger partial charge in [0.25, 0.3) is 5.91 Å². The first kappa shape index (κ1) is 22.4. The maximum Gasteiger partial charge on any atom is 0.319 e. The third-order valence-electron chi connectivity index (χ3n) is 5.35. The number of para-hydroxylation sites is 1. The van der Waals surface area contributed by atoms with Crippen LogP contribution in [-0.2, 0) is 0 Å². The molecule has 1 heterocycles. The van der Waals surface area contributed by atoms with Crippen LogP contribution in [0.15, 0.2) is 61.2 Å². The van der Waals surface area contributed by atoms with Crippen LogP contribution in [0.3, 0.4) is 0 Å². The molecule has 1 atom stereocenters. The Hall–Kier alpha value is -3.32. The van der Waals surface area contributed by atoms with E-state index in [-0.39, 0.29) is 18.0 Å². The SMILES string of the molecule is C=CCNC(=O)c1ccc(NC(=O)NCC(c2ccccc2OC)N2CCCC2)cc1. The predicted octanol–water partition coefficient (Wildman–Crippen LogP) is 3.57. The van der Waals surface area contributed by atoms with Gasteiger partial charge in [-0.25, -0.2) is 4.79 Å². The van der Waals surface area contributed by atoms with Gasteiger partial charge in [0.15, 0.2) is 0 Å². The summed E-state index contributed by atoms with van der Waals surface area (Å²) >= 11 is 0.